The van der Waals surface area contributed by atoms with Crippen LogP contribution in [0.25, 0.3) is 5.57 Å². The van der Waals surface area contributed by atoms with Crippen molar-refractivity contribution in [1.82, 2.24) is 9.88 Å². The number of halogens is 1. The molecule has 3 heterocycles. The molecule has 2 N–H and O–H groups in total. The lowest BCUT2D eigenvalue weighted by molar-refractivity contribution is -0.125. The average molecular weight is 519 g/mol. The first-order chi connectivity index (χ1) is 17.7. The molecule has 0 bridgehead atoms. The third-order valence-electron chi connectivity index (χ3n) is 7.71. The second-order valence-electron chi connectivity index (χ2n) is 10.5. The van der Waals surface area contributed by atoms with E-state index >= 15 is 0 Å². The molecule has 5 rings (SSSR count). The molecule has 1 aromatic heterocycles. The highest BCUT2D eigenvalue weighted by molar-refractivity contribution is 6.30. The van der Waals surface area contributed by atoms with E-state index in [0.717, 1.165) is 54.0 Å². The van der Waals surface area contributed by atoms with Crippen molar-refractivity contribution in [3.05, 3.63) is 99.8 Å². The number of fused-ring (bicyclic) bond motifs is 2. The molecular formula is C30H31ClN2O4. The van der Waals surface area contributed by atoms with Gasteiger partial charge in [0.15, 0.2) is 0 Å². The molecule has 1 fully saturated rings. The maximum atomic E-state index is 11.7. The molecule has 1 unspecified atom stereocenters. The fraction of sp³-hybridized carbons (Fsp3) is 0.333. The highest BCUT2D eigenvalue weighted by atomic mass is 35.5. The summed E-state index contributed by atoms with van der Waals surface area (Å²) in [5, 5.41) is 21.9. The number of carboxylic acid groups (broad SMARTS) is 1. The van der Waals surface area contributed by atoms with Crippen molar-refractivity contribution >= 4 is 23.1 Å². The van der Waals surface area contributed by atoms with Gasteiger partial charge in [-0.05, 0) is 60.4 Å². The van der Waals surface area contributed by atoms with E-state index in [0.29, 0.717) is 23.8 Å². The summed E-state index contributed by atoms with van der Waals surface area (Å²) in [4.78, 5) is 18.6. The fourth-order valence-electron chi connectivity index (χ4n) is 5.58. The molecule has 1 saturated heterocycles. The van der Waals surface area contributed by atoms with Crippen LogP contribution >= 0.6 is 11.6 Å². The van der Waals surface area contributed by atoms with Crippen LogP contribution in [0.5, 0.6) is 5.75 Å². The van der Waals surface area contributed by atoms with Gasteiger partial charge in [0.05, 0.1) is 16.9 Å². The largest absolute Gasteiger partial charge is 0.487 e. The zero-order chi connectivity index (χ0) is 26.2. The summed E-state index contributed by atoms with van der Waals surface area (Å²) in [6, 6.07) is 16.4. The van der Waals surface area contributed by atoms with Crippen molar-refractivity contribution in [2.45, 2.75) is 38.9 Å². The predicted octanol–water partition coefficient (Wildman–Crippen LogP) is 5.77. The Morgan fingerprint density at radius 3 is 2.68 bits per heavy atom. The first kappa shape index (κ1) is 25.5. The number of pyridine rings is 1. The summed E-state index contributed by atoms with van der Waals surface area (Å²) < 4.78 is 5.99. The second kappa shape index (κ2) is 9.93. The normalized spacial score (nSPS) is 22.0. The Morgan fingerprint density at radius 2 is 1.95 bits per heavy atom. The molecule has 192 valence electrons. The van der Waals surface area contributed by atoms with Crippen molar-refractivity contribution in [1.29, 1.82) is 0 Å². The molecule has 0 radical (unpaired) electrons. The van der Waals surface area contributed by atoms with E-state index in [4.69, 9.17) is 16.3 Å². The van der Waals surface area contributed by atoms with E-state index in [-0.39, 0.29) is 11.0 Å². The number of nitrogens with zero attached hydrogens (tertiary/aromatic N) is 2. The Kier molecular flexibility index (Phi) is 6.84. The van der Waals surface area contributed by atoms with Gasteiger partial charge in [-0.15, -0.1) is 0 Å². The summed E-state index contributed by atoms with van der Waals surface area (Å²) in [7, 11) is 0. The van der Waals surface area contributed by atoms with Crippen LogP contribution in [-0.2, 0) is 12.2 Å². The summed E-state index contributed by atoms with van der Waals surface area (Å²) in [5.74, 6) is -0.317. The smallest absolute Gasteiger partial charge is 0.335 e. The van der Waals surface area contributed by atoms with Crippen molar-refractivity contribution in [2.24, 2.45) is 5.41 Å². The zero-order valence-electron chi connectivity index (χ0n) is 21.1. The number of carboxylic acids is 1. The number of hydrogen-bond donors (Lipinski definition) is 2. The third-order valence-corrected chi connectivity index (χ3v) is 7.96. The number of rotatable bonds is 5. The van der Waals surface area contributed by atoms with E-state index in [2.05, 4.69) is 29.8 Å². The molecule has 0 amide bonds. The van der Waals surface area contributed by atoms with Gasteiger partial charge in [-0.3, -0.25) is 4.98 Å². The van der Waals surface area contributed by atoms with Crippen LogP contribution in [0.2, 0.25) is 5.02 Å². The van der Waals surface area contributed by atoms with E-state index in [1.165, 1.54) is 0 Å². The molecule has 0 saturated carbocycles. The molecule has 1 atom stereocenters. The Bertz CT molecular complexity index is 1350. The van der Waals surface area contributed by atoms with Crippen molar-refractivity contribution in [3.8, 4) is 5.75 Å². The van der Waals surface area contributed by atoms with Crippen LogP contribution in [0.3, 0.4) is 0 Å². The van der Waals surface area contributed by atoms with E-state index < -0.39 is 11.6 Å². The molecule has 2 aliphatic heterocycles. The number of carbonyl (C=O) groups is 1. The summed E-state index contributed by atoms with van der Waals surface area (Å²) in [6.45, 7) is 6.88. The Balaban J connectivity index is 1.38. The lowest BCUT2D eigenvalue weighted by atomic mass is 9.66. The van der Waals surface area contributed by atoms with Gasteiger partial charge in [-0.2, -0.15) is 0 Å². The Labute approximate surface area is 222 Å². The number of aliphatic hydroxyl groups is 1. The number of hydrogen-bond acceptors (Lipinski definition) is 5. The predicted molar refractivity (Wildman–Crippen MR) is 144 cm³/mol. The maximum absolute atomic E-state index is 11.7. The molecular weight excluding hydrogens is 488 g/mol. The SMILES string of the molecule is CC1(C)CN(CCC=C2c3cc(C(=O)O)ccc3OCc3ncccc32)CCC1(O)c1ccc(Cl)cc1. The molecule has 2 aromatic carbocycles. The van der Waals surface area contributed by atoms with Gasteiger partial charge < -0.3 is 19.8 Å². The van der Waals surface area contributed by atoms with Crippen molar-refractivity contribution in [3.63, 3.8) is 0 Å². The van der Waals surface area contributed by atoms with Gasteiger partial charge in [0.1, 0.15) is 12.4 Å². The molecule has 7 heteroatoms. The number of likely N-dealkylation sites (tertiary alicyclic amines) is 1. The second-order valence-corrected chi connectivity index (χ2v) is 10.9. The fourth-order valence-corrected chi connectivity index (χ4v) is 5.70. The van der Waals surface area contributed by atoms with E-state index in [9.17, 15) is 15.0 Å². The van der Waals surface area contributed by atoms with Crippen LogP contribution in [0, 0.1) is 5.41 Å². The van der Waals surface area contributed by atoms with E-state index in [1.807, 2.05) is 36.4 Å². The summed E-state index contributed by atoms with van der Waals surface area (Å²) in [6.07, 6.45) is 5.29. The minimum atomic E-state index is -0.971. The van der Waals surface area contributed by atoms with Crippen LogP contribution in [-0.4, -0.2) is 45.7 Å². The lowest BCUT2D eigenvalue weighted by Gasteiger charge is -2.50. The zero-order valence-corrected chi connectivity index (χ0v) is 21.8. The lowest BCUT2D eigenvalue weighted by Crippen LogP contribution is -2.55. The molecule has 0 aliphatic carbocycles. The van der Waals surface area contributed by atoms with Gasteiger partial charge in [-0.1, -0.05) is 49.7 Å². The number of ether oxygens (including phenoxy) is 1. The first-order valence-corrected chi connectivity index (χ1v) is 12.9. The number of piperidine rings is 1. The third kappa shape index (κ3) is 4.89. The van der Waals surface area contributed by atoms with Gasteiger partial charge >= 0.3 is 5.97 Å². The molecule has 2 aliphatic rings. The molecule has 37 heavy (non-hydrogen) atoms. The van der Waals surface area contributed by atoms with Crippen molar-refractivity contribution in [2.75, 3.05) is 19.6 Å². The van der Waals surface area contributed by atoms with Gasteiger partial charge in [0.25, 0.3) is 0 Å². The Morgan fingerprint density at radius 1 is 1.16 bits per heavy atom. The van der Waals surface area contributed by atoms with Gasteiger partial charge in [-0.25, -0.2) is 4.79 Å². The highest BCUT2D eigenvalue weighted by Crippen LogP contribution is 2.46. The number of aromatic nitrogens is 1. The van der Waals surface area contributed by atoms with Crippen LogP contribution in [0.15, 0.2) is 66.9 Å². The minimum Gasteiger partial charge on any atom is -0.487 e. The van der Waals surface area contributed by atoms with Crippen LogP contribution in [0.4, 0.5) is 0 Å². The maximum Gasteiger partial charge on any atom is 0.335 e. The standard InChI is InChI=1S/C30H31ClN2O4/c1-29(2)19-33(16-13-30(29,36)21-8-10-22(31)11-9-21)15-4-6-23-24-5-3-14-32-26(24)18-37-27-12-7-20(28(34)35)17-25(23)27/h3,5-12,14,17,36H,4,13,15-16,18-19H2,1-2H3,(H,34,35). The topological polar surface area (TPSA) is 82.9 Å². The molecule has 0 spiro atoms. The van der Waals surface area contributed by atoms with Crippen molar-refractivity contribution < 1.29 is 19.7 Å². The molecule has 3 aromatic rings. The summed E-state index contributed by atoms with van der Waals surface area (Å²) in [5.41, 5.74) is 3.32. The quantitative estimate of drug-likeness (QED) is 0.446. The number of benzene rings is 2. The highest BCUT2D eigenvalue weighted by Gasteiger charge is 2.48. The van der Waals surface area contributed by atoms with Crippen LogP contribution < -0.4 is 4.74 Å². The first-order valence-electron chi connectivity index (χ1n) is 12.5. The average Bonchev–Trinajstić information content (AvgIpc) is 3.03. The molecule has 6 nitrogen and oxygen atoms in total. The van der Waals surface area contributed by atoms with E-state index in [1.54, 1.807) is 24.4 Å². The summed E-state index contributed by atoms with van der Waals surface area (Å²) >= 11 is 6.07. The monoisotopic (exact) mass is 518 g/mol. The van der Waals surface area contributed by atoms with Crippen LogP contribution in [0.1, 0.15) is 59.4 Å². The Hall–Kier alpha value is -3.19. The number of aromatic carboxylic acids is 1. The van der Waals surface area contributed by atoms with Gasteiger partial charge in [0, 0.05) is 47.4 Å². The minimum absolute atomic E-state index is 0.222. The van der Waals surface area contributed by atoms with Gasteiger partial charge in [0.2, 0.25) is 0 Å².